The second kappa shape index (κ2) is 16.3. The van der Waals surface area contributed by atoms with Gasteiger partial charge in [-0.15, -0.1) is 0 Å². The second-order valence-electron chi connectivity index (χ2n) is 15.6. The Hall–Kier alpha value is -5.49. The van der Waals surface area contributed by atoms with Crippen LogP contribution in [0.2, 0.25) is 0 Å². The summed E-state index contributed by atoms with van der Waals surface area (Å²) in [4.78, 5) is 59.7. The smallest absolute Gasteiger partial charge is 0.407 e. The highest BCUT2D eigenvalue weighted by Crippen LogP contribution is 2.54. The molecule has 2 N–H and O–H groups in total. The molecule has 1 saturated heterocycles. The van der Waals surface area contributed by atoms with Crippen LogP contribution < -0.4 is 10.6 Å². The van der Waals surface area contributed by atoms with Crippen LogP contribution in [0.1, 0.15) is 68.6 Å². The molecule has 2 aromatic heterocycles. The van der Waals surface area contributed by atoms with E-state index in [2.05, 4.69) is 45.9 Å². The fourth-order valence-corrected chi connectivity index (χ4v) is 9.48. The summed E-state index contributed by atoms with van der Waals surface area (Å²) in [6, 6.07) is 15.5. The van der Waals surface area contributed by atoms with Gasteiger partial charge in [-0.05, 0) is 90.8 Å². The van der Waals surface area contributed by atoms with Crippen molar-refractivity contribution in [1.82, 2.24) is 25.5 Å². The Kier molecular flexibility index (Phi) is 10.9. The third kappa shape index (κ3) is 7.54. The summed E-state index contributed by atoms with van der Waals surface area (Å²) in [6.45, 7) is 2.84. The number of aromatic nitrogens is 2. The number of allylic oxidation sites excluding steroid dienone is 2. The highest BCUT2D eigenvalue weighted by atomic mass is 16.5. The first-order valence-corrected chi connectivity index (χ1v) is 19.7. The average Bonchev–Trinajstić information content (AvgIpc) is 4.10. The van der Waals surface area contributed by atoms with Gasteiger partial charge >= 0.3 is 6.09 Å². The number of aliphatic imine (C=N–C) groups is 2. The molecule has 8 rings (SSSR count). The number of hydrogen-bond donors (Lipinski definition) is 2. The van der Waals surface area contributed by atoms with Crippen molar-refractivity contribution in [3.8, 4) is 11.3 Å². The van der Waals surface area contributed by atoms with E-state index in [-0.39, 0.29) is 29.7 Å². The van der Waals surface area contributed by atoms with Crippen LogP contribution in [0.5, 0.6) is 0 Å². The van der Waals surface area contributed by atoms with Gasteiger partial charge in [0.1, 0.15) is 6.04 Å². The maximum atomic E-state index is 13.6. The molecule has 3 aromatic rings. The number of carbonyl (C=O) groups is 3. The molecule has 12 heteroatoms. The molecular weight excluding hydrogens is 707 g/mol. The highest BCUT2D eigenvalue weighted by molar-refractivity contribution is 6.04. The number of ether oxygens (including phenoxy) is 2. The first-order valence-electron chi connectivity index (χ1n) is 19.7. The van der Waals surface area contributed by atoms with Gasteiger partial charge in [0.2, 0.25) is 11.8 Å². The van der Waals surface area contributed by atoms with Gasteiger partial charge in [-0.3, -0.25) is 29.5 Å². The number of pyridine rings is 2. The van der Waals surface area contributed by atoms with Crippen LogP contribution in [-0.2, 0) is 25.6 Å². The maximum Gasteiger partial charge on any atom is 0.407 e. The first-order chi connectivity index (χ1) is 27.3. The number of nitrogens with zero attached hydrogens (tertiary/aromatic N) is 5. The molecular formula is C44H49N7O5. The van der Waals surface area contributed by atoms with E-state index in [1.807, 2.05) is 41.7 Å². The van der Waals surface area contributed by atoms with Crippen LogP contribution >= 0.6 is 0 Å². The summed E-state index contributed by atoms with van der Waals surface area (Å²) >= 11 is 0. The average molecular weight is 756 g/mol. The molecule has 5 aliphatic rings. The minimum absolute atomic E-state index is 0.0206. The van der Waals surface area contributed by atoms with Gasteiger partial charge in [0, 0.05) is 92.9 Å². The minimum Gasteiger partial charge on any atom is -0.453 e. The second-order valence-corrected chi connectivity index (χ2v) is 15.6. The Morgan fingerprint density at radius 1 is 0.875 bits per heavy atom. The molecule has 7 atom stereocenters. The number of likely N-dealkylation sites (tertiary alicyclic amines) is 1. The predicted molar refractivity (Wildman–Crippen MR) is 214 cm³/mol. The van der Waals surface area contributed by atoms with Crippen LogP contribution in [0.15, 0.2) is 89.5 Å². The van der Waals surface area contributed by atoms with E-state index < -0.39 is 18.2 Å². The number of carbonyl (C=O) groups excluding carboxylic acids is 3. The summed E-state index contributed by atoms with van der Waals surface area (Å²) in [6.07, 6.45) is 14.6. The van der Waals surface area contributed by atoms with Gasteiger partial charge in [0.15, 0.2) is 0 Å². The summed E-state index contributed by atoms with van der Waals surface area (Å²) in [5.74, 6) is 1.07. The summed E-state index contributed by atoms with van der Waals surface area (Å²) < 4.78 is 10.2. The first kappa shape index (κ1) is 37.4. The molecule has 2 saturated carbocycles. The Morgan fingerprint density at radius 2 is 1.61 bits per heavy atom. The third-order valence-corrected chi connectivity index (χ3v) is 12.5. The minimum atomic E-state index is -0.864. The number of benzene rings is 1. The molecule has 5 heterocycles. The van der Waals surface area contributed by atoms with E-state index in [9.17, 15) is 14.4 Å². The summed E-state index contributed by atoms with van der Waals surface area (Å²) in [5.41, 5.74) is 9.35. The van der Waals surface area contributed by atoms with E-state index >= 15 is 0 Å². The van der Waals surface area contributed by atoms with Crippen molar-refractivity contribution in [2.24, 2.45) is 33.7 Å². The van der Waals surface area contributed by atoms with Gasteiger partial charge in [-0.1, -0.05) is 36.4 Å². The molecule has 56 heavy (non-hydrogen) atoms. The largest absolute Gasteiger partial charge is 0.453 e. The van der Waals surface area contributed by atoms with Gasteiger partial charge in [0.05, 0.1) is 24.9 Å². The van der Waals surface area contributed by atoms with Crippen molar-refractivity contribution >= 4 is 40.5 Å². The quantitative estimate of drug-likeness (QED) is 0.222. The van der Waals surface area contributed by atoms with Crippen LogP contribution in [-0.4, -0.2) is 83.2 Å². The van der Waals surface area contributed by atoms with Crippen LogP contribution in [0.4, 0.5) is 4.79 Å². The van der Waals surface area contributed by atoms with Crippen LogP contribution in [0, 0.1) is 23.7 Å². The zero-order valence-electron chi connectivity index (χ0n) is 32.2. The molecule has 2 aliphatic carbocycles. The summed E-state index contributed by atoms with van der Waals surface area (Å²) in [7, 11) is 2.79. The Balaban J connectivity index is 0.863. The molecule has 3 unspecified atom stereocenters. The van der Waals surface area contributed by atoms with Crippen molar-refractivity contribution in [2.45, 2.75) is 76.6 Å². The third-order valence-electron chi connectivity index (χ3n) is 12.5. The monoisotopic (exact) mass is 755 g/mol. The molecule has 2 bridgehead atoms. The van der Waals surface area contributed by atoms with Gasteiger partial charge in [0.25, 0.3) is 0 Å². The Bertz CT molecular complexity index is 2080. The highest BCUT2D eigenvalue weighted by Gasteiger charge is 2.52. The van der Waals surface area contributed by atoms with Gasteiger partial charge < -0.3 is 25.0 Å². The molecule has 3 fully saturated rings. The molecule has 12 nitrogen and oxygen atoms in total. The predicted octanol–water partition coefficient (Wildman–Crippen LogP) is 6.24. The SMILES string of the molecule is COC(=O)N[C@H](C(=O)N1CCC[C@H]1C1=NC=C(c2ccc(-c3ccc(C4=CN=C([C@@H]5C6CCC(C6)C5C(=O)NCc5cccnc5)C4)cc3)nc2)C1)[C@@H](C)OC. The van der Waals surface area contributed by atoms with E-state index in [4.69, 9.17) is 24.4 Å². The van der Waals surface area contributed by atoms with Crippen molar-refractivity contribution in [2.75, 3.05) is 20.8 Å². The lowest BCUT2D eigenvalue weighted by molar-refractivity contribution is -0.136. The summed E-state index contributed by atoms with van der Waals surface area (Å²) in [5, 5.41) is 5.84. The Morgan fingerprint density at radius 3 is 2.34 bits per heavy atom. The normalized spacial score (nSPS) is 24.9. The van der Waals surface area contributed by atoms with Crippen molar-refractivity contribution in [1.29, 1.82) is 0 Å². The number of methoxy groups -OCH3 is 2. The van der Waals surface area contributed by atoms with Gasteiger partial charge in [-0.2, -0.15) is 0 Å². The van der Waals surface area contributed by atoms with E-state index in [0.29, 0.717) is 31.3 Å². The lowest BCUT2D eigenvalue weighted by atomic mass is 9.75. The number of rotatable bonds is 12. The molecule has 3 amide bonds. The molecule has 1 aromatic carbocycles. The van der Waals surface area contributed by atoms with Crippen LogP contribution in [0.25, 0.3) is 22.4 Å². The van der Waals surface area contributed by atoms with Crippen LogP contribution in [0.3, 0.4) is 0 Å². The molecule has 0 spiro atoms. The molecule has 3 aliphatic heterocycles. The number of alkyl carbamates (subject to hydrolysis) is 1. The Labute approximate surface area is 327 Å². The zero-order chi connectivity index (χ0) is 38.8. The lowest BCUT2D eigenvalue weighted by Gasteiger charge is -2.31. The van der Waals surface area contributed by atoms with Crippen molar-refractivity contribution in [3.05, 3.63) is 96.2 Å². The van der Waals surface area contributed by atoms with E-state index in [0.717, 1.165) is 77.0 Å². The lowest BCUT2D eigenvalue weighted by Crippen LogP contribution is -2.56. The van der Waals surface area contributed by atoms with Crippen molar-refractivity contribution in [3.63, 3.8) is 0 Å². The van der Waals surface area contributed by atoms with E-state index in [1.54, 1.807) is 19.3 Å². The topological polar surface area (TPSA) is 147 Å². The fourth-order valence-electron chi connectivity index (χ4n) is 9.48. The number of amides is 3. The molecule has 0 radical (unpaired) electrons. The van der Waals surface area contributed by atoms with Crippen molar-refractivity contribution < 1.29 is 23.9 Å². The number of hydrogen-bond acceptors (Lipinski definition) is 9. The van der Waals surface area contributed by atoms with E-state index in [1.165, 1.54) is 26.2 Å². The fraction of sp³-hybridized carbons (Fsp3) is 0.432. The maximum absolute atomic E-state index is 13.6. The molecule has 290 valence electrons. The zero-order valence-corrected chi connectivity index (χ0v) is 32.2. The number of nitrogens with one attached hydrogen (secondary N) is 2. The van der Waals surface area contributed by atoms with Gasteiger partial charge in [-0.25, -0.2) is 4.79 Å². The number of fused-ring (bicyclic) bond motifs is 2. The standard InChI is InChI=1S/C44H49N7O5/c1-26(55-2)41(50-44(54)56-3)43(53)51-17-5-7-38(51)36-19-34(25-47-36)32-14-15-35(46-23-32)29-10-8-28(9-11-29)33-20-37(48-24-33)39-30-12-13-31(18-30)40(39)42(52)49-22-27-6-4-16-45-21-27/h4,6,8-11,14-16,21,23-26,30-31,38-41H,5,7,12-13,17-20,22H2,1-3H3,(H,49,52)(H,50,54)/t26-,30?,31?,38+,39+,40?,41+/m1/s1.